The van der Waals surface area contributed by atoms with E-state index in [4.69, 9.17) is 11.5 Å². The Bertz CT molecular complexity index is 2610. The van der Waals surface area contributed by atoms with Gasteiger partial charge in [-0.3, -0.25) is 28.8 Å². The van der Waals surface area contributed by atoms with Gasteiger partial charge in [-0.25, -0.2) is 4.79 Å². The molecule has 16 N–H and O–H groups in total. The Hall–Kier alpha value is -7.33. The van der Waals surface area contributed by atoms with E-state index in [-0.39, 0.29) is 50.3 Å². The molecule has 382 valence electrons. The molecule has 6 amide bonds. The van der Waals surface area contributed by atoms with Gasteiger partial charge in [-0.15, -0.1) is 0 Å². The third-order valence-electron chi connectivity index (χ3n) is 12.0. The molecule has 0 radical (unpaired) electrons. The first-order valence-electron chi connectivity index (χ1n) is 23.6. The normalized spacial score (nSPS) is 14.8. The first-order valence-corrected chi connectivity index (χ1v) is 23.6. The van der Waals surface area contributed by atoms with Crippen LogP contribution in [0.4, 0.5) is 0 Å². The second-order valence-corrected chi connectivity index (χ2v) is 18.1. The fourth-order valence-corrected chi connectivity index (χ4v) is 8.03. The summed E-state index contributed by atoms with van der Waals surface area (Å²) in [6.45, 7) is 4.28. The molecule has 0 bridgehead atoms. The standard InChI is InChI=1S/C50H66N10O11/c1-27(2)20-38(58-49(69)43(52)28(3)62)45(65)57-40(22-30-24-53-35-12-6-4-10-33(30)35)47(67)55-37(14-8-9-19-51)44(64)60-42(26-61)48(68)56-39(21-29-15-17-32(63)18-16-29)46(66)59-41(50(70)71)23-31-25-54-36-13-7-5-11-34(31)36/h4-7,10-13,15-18,24-25,27-28,37-43,53-54,61-63H,8-9,14,19-23,26,51-52H2,1-3H3,(H,55,67)(H,56,68)(H,57,65)(H,58,69)(H,59,66)(H,60,64)(H,70,71)/t28-,37+,38+,39+,40+,41+,42+,43+/m1/s1. The highest BCUT2D eigenvalue weighted by Crippen LogP contribution is 2.21. The summed E-state index contributed by atoms with van der Waals surface area (Å²) >= 11 is 0. The van der Waals surface area contributed by atoms with Crippen LogP contribution in [0.5, 0.6) is 5.75 Å². The number of phenolic OH excluding ortho intramolecular Hbond substituents is 1. The number of nitrogens with one attached hydrogen (secondary N) is 8. The van der Waals surface area contributed by atoms with Crippen molar-refractivity contribution in [2.45, 2.75) is 114 Å². The summed E-state index contributed by atoms with van der Waals surface area (Å²) in [7, 11) is 0. The highest BCUT2D eigenvalue weighted by Gasteiger charge is 2.35. The zero-order chi connectivity index (χ0) is 51.8. The Labute approximate surface area is 410 Å². The lowest BCUT2D eigenvalue weighted by molar-refractivity contribution is -0.142. The number of H-pyrrole nitrogens is 2. The molecule has 2 heterocycles. The number of aromatic hydroxyl groups is 1. The SMILES string of the molecule is CC(C)C[C@H](NC(=O)[C@@H](N)[C@@H](C)O)C(=O)N[C@@H](Cc1c[nH]c2ccccc12)C(=O)N[C@@H](CCCCN)C(=O)N[C@@H](CO)C(=O)N[C@@H](Cc1ccc(O)cc1)C(=O)N[C@@H](Cc1c[nH]c2ccccc12)C(=O)O. The van der Waals surface area contributed by atoms with Gasteiger partial charge in [0.15, 0.2) is 0 Å². The number of benzene rings is 3. The fraction of sp³-hybridized carbons (Fsp3) is 0.420. The molecule has 2 aromatic heterocycles. The number of para-hydroxylation sites is 2. The monoisotopic (exact) mass is 982 g/mol. The maximum Gasteiger partial charge on any atom is 0.326 e. The molecule has 0 saturated heterocycles. The minimum absolute atomic E-state index is 0.00441. The summed E-state index contributed by atoms with van der Waals surface area (Å²) in [5.41, 5.74) is 14.9. The maximum atomic E-state index is 14.4. The molecule has 5 aromatic rings. The molecular weight excluding hydrogens is 917 g/mol. The van der Waals surface area contributed by atoms with Gasteiger partial charge in [0.2, 0.25) is 35.4 Å². The molecule has 21 nitrogen and oxygen atoms in total. The number of aliphatic carboxylic acids is 1. The van der Waals surface area contributed by atoms with Crippen LogP contribution >= 0.6 is 0 Å². The summed E-state index contributed by atoms with van der Waals surface area (Å²) in [6.07, 6.45) is 2.64. The molecule has 0 aliphatic carbocycles. The van der Waals surface area contributed by atoms with Crippen molar-refractivity contribution in [3.05, 3.63) is 102 Å². The van der Waals surface area contributed by atoms with Gasteiger partial charge in [0.25, 0.3) is 0 Å². The highest BCUT2D eigenvalue weighted by molar-refractivity contribution is 5.98. The number of aromatic amines is 2. The number of rotatable bonds is 27. The number of carboxylic acids is 1. The Morgan fingerprint density at radius 3 is 1.55 bits per heavy atom. The highest BCUT2D eigenvalue weighted by atomic mass is 16.4. The van der Waals surface area contributed by atoms with Crippen molar-refractivity contribution in [2.24, 2.45) is 17.4 Å². The van der Waals surface area contributed by atoms with E-state index >= 15 is 0 Å². The van der Waals surface area contributed by atoms with E-state index in [1.54, 1.807) is 30.6 Å². The molecule has 3 aromatic carbocycles. The van der Waals surface area contributed by atoms with Crippen molar-refractivity contribution in [3.63, 3.8) is 0 Å². The number of fused-ring (bicyclic) bond motifs is 2. The number of hydrogen-bond acceptors (Lipinski definition) is 12. The van der Waals surface area contributed by atoms with Crippen molar-refractivity contribution in [2.75, 3.05) is 13.2 Å². The van der Waals surface area contributed by atoms with Crippen LogP contribution in [-0.4, -0.2) is 133 Å². The van der Waals surface area contributed by atoms with E-state index in [1.165, 1.54) is 31.2 Å². The van der Waals surface area contributed by atoms with Gasteiger partial charge >= 0.3 is 5.97 Å². The summed E-state index contributed by atoms with van der Waals surface area (Å²) in [6, 6.07) is 10.5. The zero-order valence-electron chi connectivity index (χ0n) is 39.9. The number of unbranched alkanes of at least 4 members (excludes halogenated alkanes) is 1. The lowest BCUT2D eigenvalue weighted by Gasteiger charge is -2.28. The number of aromatic nitrogens is 2. The third kappa shape index (κ3) is 15.6. The average molecular weight is 983 g/mol. The van der Waals surface area contributed by atoms with Gasteiger partial charge in [-0.2, -0.15) is 0 Å². The molecule has 21 heteroatoms. The molecule has 0 spiro atoms. The van der Waals surface area contributed by atoms with Gasteiger partial charge in [-0.1, -0.05) is 62.4 Å². The fourth-order valence-electron chi connectivity index (χ4n) is 8.03. The van der Waals surface area contributed by atoms with Gasteiger partial charge in [-0.05, 0) is 86.0 Å². The number of carbonyl (C=O) groups is 7. The van der Waals surface area contributed by atoms with Crippen molar-refractivity contribution < 1.29 is 54.0 Å². The van der Waals surface area contributed by atoms with Crippen LogP contribution in [0.25, 0.3) is 21.8 Å². The van der Waals surface area contributed by atoms with Crippen LogP contribution in [0.3, 0.4) is 0 Å². The number of phenols is 1. The zero-order valence-corrected chi connectivity index (χ0v) is 39.9. The molecule has 0 aliphatic rings. The summed E-state index contributed by atoms with van der Waals surface area (Å²) in [5.74, 6) is -6.65. The molecule has 0 fully saturated rings. The number of hydrogen-bond donors (Lipinski definition) is 14. The van der Waals surface area contributed by atoms with E-state index in [2.05, 4.69) is 41.9 Å². The predicted molar refractivity (Wildman–Crippen MR) is 264 cm³/mol. The predicted octanol–water partition coefficient (Wildman–Crippen LogP) is 0.252. The Balaban J connectivity index is 1.37. The molecule has 71 heavy (non-hydrogen) atoms. The quantitative estimate of drug-likeness (QED) is 0.0314. The first kappa shape index (κ1) is 54.6. The van der Waals surface area contributed by atoms with E-state index in [9.17, 15) is 54.0 Å². The van der Waals surface area contributed by atoms with Crippen LogP contribution in [0.15, 0.2) is 85.2 Å². The lowest BCUT2D eigenvalue weighted by Crippen LogP contribution is -2.61. The number of aliphatic hydroxyl groups excluding tert-OH is 2. The van der Waals surface area contributed by atoms with Crippen LogP contribution in [-0.2, 0) is 52.8 Å². The number of nitrogens with two attached hydrogens (primary N) is 2. The Kier molecular flexibility index (Phi) is 20.0. The molecular formula is C50H66N10O11. The number of amides is 6. The van der Waals surface area contributed by atoms with Crippen molar-refractivity contribution in [1.29, 1.82) is 0 Å². The molecule has 0 saturated carbocycles. The van der Waals surface area contributed by atoms with Crippen LogP contribution in [0.1, 0.15) is 63.1 Å². The van der Waals surface area contributed by atoms with Crippen molar-refractivity contribution >= 4 is 63.2 Å². The van der Waals surface area contributed by atoms with Gasteiger partial charge < -0.3 is 73.8 Å². The largest absolute Gasteiger partial charge is 0.508 e. The lowest BCUT2D eigenvalue weighted by atomic mass is 9.99. The van der Waals surface area contributed by atoms with Crippen LogP contribution in [0, 0.1) is 5.92 Å². The third-order valence-corrected chi connectivity index (χ3v) is 12.0. The molecule has 5 rings (SSSR count). The van der Waals surface area contributed by atoms with E-state index in [0.717, 1.165) is 21.8 Å². The topological polar surface area (TPSA) is 356 Å². The molecule has 0 aliphatic heterocycles. The minimum atomic E-state index is -1.69. The van der Waals surface area contributed by atoms with E-state index < -0.39 is 96.4 Å². The Morgan fingerprint density at radius 1 is 0.577 bits per heavy atom. The van der Waals surface area contributed by atoms with Gasteiger partial charge in [0, 0.05) is 53.5 Å². The van der Waals surface area contributed by atoms with Crippen molar-refractivity contribution in [1.82, 2.24) is 41.9 Å². The van der Waals surface area contributed by atoms with Gasteiger partial charge in [0.05, 0.1) is 12.7 Å². The average Bonchev–Trinajstić information content (AvgIpc) is 3.95. The number of aliphatic hydroxyl groups is 2. The second kappa shape index (κ2) is 26.0. The van der Waals surface area contributed by atoms with E-state index in [1.807, 2.05) is 44.2 Å². The summed E-state index contributed by atoms with van der Waals surface area (Å²) in [5, 5.41) is 57.6. The number of carboxylic acid groups (broad SMARTS) is 1. The molecule has 0 unspecified atom stereocenters. The number of carbonyl (C=O) groups excluding carboxylic acids is 6. The minimum Gasteiger partial charge on any atom is -0.508 e. The maximum absolute atomic E-state index is 14.4. The first-order chi connectivity index (χ1) is 33.9. The van der Waals surface area contributed by atoms with Crippen LogP contribution < -0.4 is 43.4 Å². The van der Waals surface area contributed by atoms with E-state index in [0.29, 0.717) is 29.5 Å². The second-order valence-electron chi connectivity index (χ2n) is 18.1. The molecule has 8 atom stereocenters. The summed E-state index contributed by atoms with van der Waals surface area (Å²) in [4.78, 5) is 102. The van der Waals surface area contributed by atoms with Crippen LogP contribution in [0.2, 0.25) is 0 Å². The smallest absolute Gasteiger partial charge is 0.326 e. The van der Waals surface area contributed by atoms with Crippen molar-refractivity contribution in [3.8, 4) is 5.75 Å². The summed E-state index contributed by atoms with van der Waals surface area (Å²) < 4.78 is 0. The Morgan fingerprint density at radius 2 is 1.03 bits per heavy atom. The van der Waals surface area contributed by atoms with Gasteiger partial charge in [0.1, 0.15) is 48.0 Å².